The van der Waals surface area contributed by atoms with E-state index in [-0.39, 0.29) is 18.9 Å². The molecule has 1 aliphatic heterocycles. The molecule has 0 aromatic carbocycles. The van der Waals surface area contributed by atoms with Crippen LogP contribution in [-0.2, 0) is 28.9 Å². The van der Waals surface area contributed by atoms with Crippen molar-refractivity contribution in [3.63, 3.8) is 0 Å². The number of hydrogen-bond acceptors (Lipinski definition) is 10. The molecule has 1 saturated heterocycles. The van der Waals surface area contributed by atoms with Gasteiger partial charge in [0.25, 0.3) is 0 Å². The van der Waals surface area contributed by atoms with Crippen molar-refractivity contribution in [2.24, 2.45) is 0 Å². The van der Waals surface area contributed by atoms with Gasteiger partial charge >= 0.3 is 10.4 Å². The molecule has 0 saturated carbocycles. The predicted molar refractivity (Wildman–Crippen MR) is 255 cm³/mol. The molecule has 0 aliphatic carbocycles. The summed E-state index contributed by atoms with van der Waals surface area (Å²) in [6, 6.07) is -0.941. The first-order valence-corrected chi connectivity index (χ1v) is 27.1. The Balaban J connectivity index is 2.40. The molecule has 13 heteroatoms. The van der Waals surface area contributed by atoms with Crippen molar-refractivity contribution in [3.8, 4) is 0 Å². The summed E-state index contributed by atoms with van der Waals surface area (Å²) in [6.07, 6.45) is 39.3. The van der Waals surface area contributed by atoms with Crippen LogP contribution >= 0.6 is 0 Å². The summed E-state index contributed by atoms with van der Waals surface area (Å²) in [5, 5.41) is 44.8. The Morgan fingerprint density at radius 2 is 1.02 bits per heavy atom. The Morgan fingerprint density at radius 1 is 0.619 bits per heavy atom. The number of aliphatic hydroxyl groups excluding tert-OH is 4. The highest BCUT2D eigenvalue weighted by atomic mass is 32.3. The third kappa shape index (κ3) is 33.7. The summed E-state index contributed by atoms with van der Waals surface area (Å²) in [5.74, 6) is -0.261. The monoisotopic (exact) mass is 918 g/mol. The smallest absolute Gasteiger partial charge is 0.394 e. The van der Waals surface area contributed by atoms with E-state index in [1.807, 2.05) is 6.08 Å². The lowest BCUT2D eigenvalue weighted by molar-refractivity contribution is -0.298. The highest BCUT2D eigenvalue weighted by Gasteiger charge is 2.48. The first kappa shape index (κ1) is 59.6. The van der Waals surface area contributed by atoms with Crippen LogP contribution in [0.4, 0.5) is 0 Å². The lowest BCUT2D eigenvalue weighted by Crippen LogP contribution is -2.61. The van der Waals surface area contributed by atoms with Crippen LogP contribution in [0, 0.1) is 0 Å². The Kier molecular flexibility index (Phi) is 38.6. The van der Waals surface area contributed by atoms with E-state index in [0.717, 1.165) is 38.5 Å². The van der Waals surface area contributed by atoms with Gasteiger partial charge in [0, 0.05) is 6.42 Å². The van der Waals surface area contributed by atoms with E-state index in [2.05, 4.69) is 35.5 Å². The fourth-order valence-corrected chi connectivity index (χ4v) is 8.72. The van der Waals surface area contributed by atoms with Crippen LogP contribution in [0.1, 0.15) is 232 Å². The SMILES string of the molecule is CCCCCCCCC=CCCCCCCCCCCCCCCCC(=O)N[C@@H](CO[C@@H]1O[C@H](CO)[C@H](O)C(OS(=O)(=O)O)C1O)[C@H](O)C=CCCCCCCCCCCCCC. The topological polar surface area (TPSA) is 192 Å². The predicted octanol–water partition coefficient (Wildman–Crippen LogP) is 10.9. The molecule has 63 heavy (non-hydrogen) atoms. The molecule has 0 bridgehead atoms. The van der Waals surface area contributed by atoms with Crippen molar-refractivity contribution in [3.05, 3.63) is 24.3 Å². The molecule has 6 N–H and O–H groups in total. The van der Waals surface area contributed by atoms with Gasteiger partial charge in [0.2, 0.25) is 5.91 Å². The van der Waals surface area contributed by atoms with Crippen LogP contribution in [0.5, 0.6) is 0 Å². The van der Waals surface area contributed by atoms with Gasteiger partial charge in [-0.15, -0.1) is 0 Å². The van der Waals surface area contributed by atoms with Gasteiger partial charge in [-0.2, -0.15) is 8.42 Å². The number of carbonyl (C=O) groups is 1. The van der Waals surface area contributed by atoms with Crippen LogP contribution in [0.3, 0.4) is 0 Å². The molecule has 0 spiro atoms. The van der Waals surface area contributed by atoms with Gasteiger partial charge < -0.3 is 35.2 Å². The number of unbranched alkanes of at least 4 members (excludes halogenated alkanes) is 30. The van der Waals surface area contributed by atoms with E-state index in [4.69, 9.17) is 9.47 Å². The van der Waals surface area contributed by atoms with E-state index in [9.17, 15) is 38.2 Å². The van der Waals surface area contributed by atoms with E-state index in [0.29, 0.717) is 6.42 Å². The van der Waals surface area contributed by atoms with Gasteiger partial charge in [0.05, 0.1) is 25.4 Å². The minimum absolute atomic E-state index is 0.261. The van der Waals surface area contributed by atoms with Gasteiger partial charge in [-0.3, -0.25) is 9.35 Å². The highest BCUT2D eigenvalue weighted by Crippen LogP contribution is 2.26. The highest BCUT2D eigenvalue weighted by molar-refractivity contribution is 7.80. The van der Waals surface area contributed by atoms with Crippen molar-refractivity contribution in [1.29, 1.82) is 0 Å². The normalized spacial score (nSPS) is 20.5. The number of aliphatic hydroxyl groups is 4. The first-order chi connectivity index (χ1) is 30.5. The molecule has 0 radical (unpaired) electrons. The third-order valence-electron chi connectivity index (χ3n) is 12.2. The number of allylic oxidation sites excluding steroid dienone is 3. The Hall–Kier alpha value is -1.42. The number of ether oxygens (including phenoxy) is 2. The summed E-state index contributed by atoms with van der Waals surface area (Å²) >= 11 is 0. The zero-order valence-corrected chi connectivity index (χ0v) is 40.7. The van der Waals surface area contributed by atoms with Crippen molar-refractivity contribution in [2.45, 2.75) is 275 Å². The lowest BCUT2D eigenvalue weighted by atomic mass is 9.99. The maximum atomic E-state index is 13.1. The van der Waals surface area contributed by atoms with Crippen molar-refractivity contribution in [2.75, 3.05) is 13.2 Å². The average Bonchev–Trinajstić information content (AvgIpc) is 3.25. The van der Waals surface area contributed by atoms with E-state index < -0.39 is 59.9 Å². The van der Waals surface area contributed by atoms with Crippen LogP contribution in [0.25, 0.3) is 0 Å². The Labute approximate surface area is 384 Å². The molecule has 2 unspecified atom stereocenters. The van der Waals surface area contributed by atoms with Gasteiger partial charge in [-0.05, 0) is 44.9 Å². The van der Waals surface area contributed by atoms with Gasteiger partial charge in [-0.25, -0.2) is 4.18 Å². The zero-order chi connectivity index (χ0) is 46.2. The Morgan fingerprint density at radius 3 is 1.43 bits per heavy atom. The molecular formula is C50H95NO11S. The molecule has 1 rings (SSSR count). The fourth-order valence-electron chi connectivity index (χ4n) is 8.21. The van der Waals surface area contributed by atoms with Crippen molar-refractivity contribution in [1.82, 2.24) is 5.32 Å². The third-order valence-corrected chi connectivity index (χ3v) is 12.7. The molecule has 7 atom stereocenters. The van der Waals surface area contributed by atoms with Crippen LogP contribution in [0.2, 0.25) is 0 Å². The minimum atomic E-state index is -5.08. The summed E-state index contributed by atoms with van der Waals surface area (Å²) in [6.45, 7) is 3.39. The molecular weight excluding hydrogens is 823 g/mol. The number of amides is 1. The van der Waals surface area contributed by atoms with Gasteiger partial charge in [0.1, 0.15) is 24.4 Å². The van der Waals surface area contributed by atoms with Gasteiger partial charge in [0.15, 0.2) is 6.29 Å². The molecule has 1 amide bonds. The summed E-state index contributed by atoms with van der Waals surface area (Å²) in [7, 11) is -5.08. The largest absolute Gasteiger partial charge is 0.397 e. The van der Waals surface area contributed by atoms with Crippen LogP contribution < -0.4 is 5.32 Å². The molecule has 12 nitrogen and oxygen atoms in total. The van der Waals surface area contributed by atoms with Crippen LogP contribution in [0.15, 0.2) is 24.3 Å². The first-order valence-electron chi connectivity index (χ1n) is 25.7. The average molecular weight is 918 g/mol. The molecule has 0 aromatic heterocycles. The number of nitrogens with one attached hydrogen (secondary N) is 1. The summed E-state index contributed by atoms with van der Waals surface area (Å²) < 4.78 is 47.7. The number of hydrogen-bond donors (Lipinski definition) is 6. The maximum Gasteiger partial charge on any atom is 0.397 e. The Bertz CT molecular complexity index is 1220. The fraction of sp³-hybridized carbons (Fsp3) is 0.900. The summed E-state index contributed by atoms with van der Waals surface area (Å²) in [5.41, 5.74) is 0. The summed E-state index contributed by atoms with van der Waals surface area (Å²) in [4.78, 5) is 13.1. The second-order valence-corrected chi connectivity index (χ2v) is 19.2. The zero-order valence-electron chi connectivity index (χ0n) is 39.9. The number of carbonyl (C=O) groups excluding carboxylic acids is 1. The van der Waals surface area contributed by atoms with Gasteiger partial charge in [-0.1, -0.05) is 205 Å². The quantitative estimate of drug-likeness (QED) is 0.0194. The van der Waals surface area contributed by atoms with E-state index in [1.165, 1.54) is 167 Å². The second kappa shape index (κ2) is 40.8. The molecule has 1 fully saturated rings. The van der Waals surface area contributed by atoms with Crippen LogP contribution in [-0.4, -0.2) is 95.4 Å². The van der Waals surface area contributed by atoms with E-state index >= 15 is 0 Å². The molecule has 1 heterocycles. The maximum absolute atomic E-state index is 13.1. The lowest BCUT2D eigenvalue weighted by Gasteiger charge is -2.41. The van der Waals surface area contributed by atoms with E-state index in [1.54, 1.807) is 6.08 Å². The number of rotatable bonds is 44. The molecule has 0 aromatic rings. The second-order valence-electron chi connectivity index (χ2n) is 18.1. The molecule has 1 aliphatic rings. The van der Waals surface area contributed by atoms with Crippen molar-refractivity contribution < 1.29 is 51.8 Å². The van der Waals surface area contributed by atoms with Crippen molar-refractivity contribution >= 4 is 16.3 Å². The molecule has 372 valence electrons. The standard InChI is InChI=1S/C50H95NO11S/c1-3-5-7-9-11-13-15-17-18-19-20-21-22-23-24-25-26-28-30-32-34-36-38-40-46(54)51-43(44(53)39-37-35-33-31-29-27-16-14-12-10-8-6-4-2)42-60-50-48(56)49(62-63(57,58)59)47(55)45(41-52)61-50/h17-18,37,39,43-45,47-50,52-53,55-56H,3-16,19-36,38,40-42H2,1-2H3,(H,51,54)(H,57,58,59)/t43-,44+,45+,47-,48?,49?,50+/m0/s1. The minimum Gasteiger partial charge on any atom is -0.394 e.